The van der Waals surface area contributed by atoms with E-state index in [1.165, 1.54) is 4.31 Å². The zero-order valence-electron chi connectivity index (χ0n) is 12.2. The highest BCUT2D eigenvalue weighted by molar-refractivity contribution is 7.89. The van der Waals surface area contributed by atoms with Crippen molar-refractivity contribution in [3.05, 3.63) is 35.4 Å². The summed E-state index contributed by atoms with van der Waals surface area (Å²) in [5, 5.41) is 0. The Morgan fingerprint density at radius 3 is 2.48 bits per heavy atom. The first-order valence-corrected chi connectivity index (χ1v) is 8.99. The van der Waals surface area contributed by atoms with E-state index in [0.29, 0.717) is 13.0 Å². The quantitative estimate of drug-likeness (QED) is 0.837. The molecule has 0 saturated carbocycles. The number of amides is 1. The van der Waals surface area contributed by atoms with E-state index in [4.69, 9.17) is 0 Å². The summed E-state index contributed by atoms with van der Waals surface area (Å²) in [6.07, 6.45) is 1.49. The third kappa shape index (κ3) is 2.58. The largest absolute Gasteiger partial charge is 0.341 e. The highest BCUT2D eigenvalue weighted by Crippen LogP contribution is 2.28. The molecular weight excluding hydrogens is 288 g/mol. The number of carbonyl (C=O) groups is 1. The van der Waals surface area contributed by atoms with Gasteiger partial charge in [-0.15, -0.1) is 0 Å². The Balaban J connectivity index is 1.96. The smallest absolute Gasteiger partial charge is 0.241 e. The van der Waals surface area contributed by atoms with Crippen LogP contribution in [0.15, 0.2) is 24.3 Å². The van der Waals surface area contributed by atoms with Crippen LogP contribution in [0.4, 0.5) is 0 Å². The van der Waals surface area contributed by atoms with E-state index in [0.717, 1.165) is 30.6 Å². The lowest BCUT2D eigenvalue weighted by Gasteiger charge is -2.40. The van der Waals surface area contributed by atoms with E-state index >= 15 is 0 Å². The third-order valence-electron chi connectivity index (χ3n) is 4.38. The molecule has 114 valence electrons. The van der Waals surface area contributed by atoms with Crippen LogP contribution in [-0.4, -0.2) is 48.4 Å². The molecule has 0 bridgehead atoms. The fourth-order valence-corrected chi connectivity index (χ4v) is 4.13. The monoisotopic (exact) mass is 308 g/mol. The lowest BCUT2D eigenvalue weighted by molar-refractivity contribution is -0.139. The van der Waals surface area contributed by atoms with Crippen molar-refractivity contribution in [2.45, 2.75) is 32.4 Å². The average Bonchev–Trinajstić information content (AvgIpc) is 2.44. The molecule has 0 unspecified atom stereocenters. The molecule has 1 saturated heterocycles. The summed E-state index contributed by atoms with van der Waals surface area (Å²) in [6, 6.07) is 7.20. The zero-order chi connectivity index (χ0) is 15.0. The normalized spacial score (nSPS) is 22.5. The molecule has 21 heavy (non-hydrogen) atoms. The van der Waals surface area contributed by atoms with E-state index < -0.39 is 16.1 Å². The topological polar surface area (TPSA) is 57.7 Å². The molecule has 0 radical (unpaired) electrons. The van der Waals surface area contributed by atoms with Gasteiger partial charge in [-0.2, -0.15) is 4.31 Å². The first-order chi connectivity index (χ1) is 10.0. The number of sulfonamides is 1. The molecule has 0 aliphatic carbocycles. The highest BCUT2D eigenvalue weighted by Gasteiger charge is 2.40. The fourth-order valence-electron chi connectivity index (χ4n) is 2.91. The lowest BCUT2D eigenvalue weighted by Crippen LogP contribution is -2.56. The van der Waals surface area contributed by atoms with Gasteiger partial charge < -0.3 is 4.90 Å². The van der Waals surface area contributed by atoms with Gasteiger partial charge in [-0.3, -0.25) is 4.79 Å². The average molecular weight is 308 g/mol. The van der Waals surface area contributed by atoms with Gasteiger partial charge in [0.05, 0.1) is 5.75 Å². The summed E-state index contributed by atoms with van der Waals surface area (Å²) in [5.41, 5.74) is 2.08. The SMILES string of the molecule is CCS(=O)(=O)N1Cc2ccccc2C[C@H]1C(=O)N1CCC1. The van der Waals surface area contributed by atoms with Crippen LogP contribution in [0.25, 0.3) is 0 Å². The summed E-state index contributed by atoms with van der Waals surface area (Å²) < 4.78 is 26.1. The molecule has 2 aliphatic rings. The minimum Gasteiger partial charge on any atom is -0.341 e. The minimum atomic E-state index is -3.39. The Morgan fingerprint density at radius 2 is 1.90 bits per heavy atom. The summed E-state index contributed by atoms with van der Waals surface area (Å²) in [5.74, 6) is -0.0216. The Hall–Kier alpha value is -1.40. The number of fused-ring (bicyclic) bond motifs is 1. The Morgan fingerprint density at radius 1 is 1.24 bits per heavy atom. The fraction of sp³-hybridized carbons (Fsp3) is 0.533. The van der Waals surface area contributed by atoms with Crippen LogP contribution in [0.2, 0.25) is 0 Å². The number of rotatable bonds is 3. The maximum absolute atomic E-state index is 12.6. The minimum absolute atomic E-state index is 0.0267. The summed E-state index contributed by atoms with van der Waals surface area (Å²) >= 11 is 0. The van der Waals surface area contributed by atoms with Crippen LogP contribution >= 0.6 is 0 Å². The molecule has 2 aliphatic heterocycles. The first kappa shape index (κ1) is 14.5. The van der Waals surface area contributed by atoms with Gasteiger partial charge in [-0.1, -0.05) is 24.3 Å². The van der Waals surface area contributed by atoms with Crippen LogP contribution < -0.4 is 0 Å². The van der Waals surface area contributed by atoms with Crippen molar-refractivity contribution >= 4 is 15.9 Å². The van der Waals surface area contributed by atoms with E-state index in [1.807, 2.05) is 24.3 Å². The van der Waals surface area contributed by atoms with Gasteiger partial charge in [-0.25, -0.2) is 8.42 Å². The van der Waals surface area contributed by atoms with Crippen LogP contribution in [0.1, 0.15) is 24.5 Å². The predicted molar refractivity (Wildman–Crippen MR) is 80.1 cm³/mol. The van der Waals surface area contributed by atoms with Gasteiger partial charge >= 0.3 is 0 Å². The number of benzene rings is 1. The number of carbonyl (C=O) groups excluding carboxylic acids is 1. The predicted octanol–water partition coefficient (Wildman–Crippen LogP) is 0.995. The molecule has 1 aromatic carbocycles. The molecule has 1 aromatic rings. The molecule has 0 aromatic heterocycles. The maximum Gasteiger partial charge on any atom is 0.241 e. The van der Waals surface area contributed by atoms with Crippen LogP contribution in [0.5, 0.6) is 0 Å². The van der Waals surface area contributed by atoms with Gasteiger partial charge in [0, 0.05) is 19.6 Å². The van der Waals surface area contributed by atoms with Crippen molar-refractivity contribution in [2.24, 2.45) is 0 Å². The Bertz CT molecular complexity index is 653. The maximum atomic E-state index is 12.6. The standard InChI is InChI=1S/C15H20N2O3S/c1-2-21(19,20)17-11-13-7-4-3-6-12(13)10-14(17)15(18)16-8-5-9-16/h3-4,6-7,14H,2,5,8-11H2,1H3/t14-/m0/s1. The van der Waals surface area contributed by atoms with Crippen molar-refractivity contribution in [1.29, 1.82) is 0 Å². The van der Waals surface area contributed by atoms with Crippen LogP contribution in [0.3, 0.4) is 0 Å². The molecule has 0 N–H and O–H groups in total. The molecule has 0 spiro atoms. The lowest BCUT2D eigenvalue weighted by atomic mass is 9.94. The second kappa shape index (κ2) is 5.42. The third-order valence-corrected chi connectivity index (χ3v) is 6.21. The Kier molecular flexibility index (Phi) is 3.75. The molecule has 2 heterocycles. The van der Waals surface area contributed by atoms with E-state index in [-0.39, 0.29) is 11.7 Å². The molecule has 1 amide bonds. The first-order valence-electron chi connectivity index (χ1n) is 7.38. The highest BCUT2D eigenvalue weighted by atomic mass is 32.2. The van der Waals surface area contributed by atoms with Gasteiger partial charge in [0.1, 0.15) is 6.04 Å². The number of likely N-dealkylation sites (tertiary alicyclic amines) is 1. The molecule has 5 nitrogen and oxygen atoms in total. The second-order valence-corrected chi connectivity index (χ2v) is 7.82. The number of hydrogen-bond donors (Lipinski definition) is 0. The molecule has 1 fully saturated rings. The van der Waals surface area contributed by atoms with Crippen molar-refractivity contribution in [2.75, 3.05) is 18.8 Å². The summed E-state index contributed by atoms with van der Waals surface area (Å²) in [4.78, 5) is 14.3. The Labute approximate surface area is 125 Å². The zero-order valence-corrected chi connectivity index (χ0v) is 13.0. The number of nitrogens with zero attached hydrogens (tertiary/aromatic N) is 2. The van der Waals surface area contributed by atoms with Crippen LogP contribution in [0, 0.1) is 0 Å². The molecular formula is C15H20N2O3S. The van der Waals surface area contributed by atoms with Gasteiger partial charge in [0.25, 0.3) is 0 Å². The van der Waals surface area contributed by atoms with E-state index in [2.05, 4.69) is 0 Å². The van der Waals surface area contributed by atoms with Crippen molar-refractivity contribution < 1.29 is 13.2 Å². The van der Waals surface area contributed by atoms with E-state index in [1.54, 1.807) is 11.8 Å². The van der Waals surface area contributed by atoms with E-state index in [9.17, 15) is 13.2 Å². The molecule has 3 rings (SSSR count). The van der Waals surface area contributed by atoms with Gasteiger partial charge in [0.2, 0.25) is 15.9 Å². The summed E-state index contributed by atoms with van der Waals surface area (Å²) in [6.45, 7) is 3.42. The van der Waals surface area contributed by atoms with Crippen LogP contribution in [-0.2, 0) is 27.8 Å². The number of hydrogen-bond acceptors (Lipinski definition) is 3. The second-order valence-electron chi connectivity index (χ2n) is 5.61. The van der Waals surface area contributed by atoms with Crippen molar-refractivity contribution in [3.8, 4) is 0 Å². The molecule has 6 heteroatoms. The molecule has 1 atom stereocenters. The van der Waals surface area contributed by atoms with Crippen molar-refractivity contribution in [1.82, 2.24) is 9.21 Å². The summed E-state index contributed by atoms with van der Waals surface area (Å²) in [7, 11) is -3.39. The van der Waals surface area contributed by atoms with Gasteiger partial charge in [0.15, 0.2) is 0 Å². The van der Waals surface area contributed by atoms with Gasteiger partial charge in [-0.05, 0) is 30.9 Å². The van der Waals surface area contributed by atoms with Crippen molar-refractivity contribution in [3.63, 3.8) is 0 Å².